The lowest BCUT2D eigenvalue weighted by molar-refractivity contribution is -0.136. The second-order valence-electron chi connectivity index (χ2n) is 5.79. The highest BCUT2D eigenvalue weighted by Gasteiger charge is 2.23. The zero-order valence-corrected chi connectivity index (χ0v) is 13.9. The second kappa shape index (κ2) is 9.06. The topological polar surface area (TPSA) is 70.7 Å². The van der Waals surface area contributed by atoms with Crippen LogP contribution < -0.4 is 10.6 Å². The number of amides is 2. The van der Waals surface area contributed by atoms with E-state index in [2.05, 4.69) is 21.5 Å². The van der Waals surface area contributed by atoms with E-state index in [0.29, 0.717) is 17.9 Å². The monoisotopic (exact) mass is 329 g/mol. The Hall–Kier alpha value is -2.36. The molecule has 1 atom stereocenters. The van der Waals surface area contributed by atoms with E-state index in [1.807, 2.05) is 0 Å². The molecule has 2 N–H and O–H groups in total. The van der Waals surface area contributed by atoms with Gasteiger partial charge in [0.1, 0.15) is 0 Å². The summed E-state index contributed by atoms with van der Waals surface area (Å²) in [5.74, 6) is 1.18. The Balaban J connectivity index is 1.84. The lowest BCUT2D eigenvalue weighted by atomic mass is 10.1. The smallest absolute Gasteiger partial charge is 0.313 e. The average Bonchev–Trinajstić information content (AvgIpc) is 2.60. The summed E-state index contributed by atoms with van der Waals surface area (Å²) in [5, 5.41) is 5.37. The molecule has 1 unspecified atom stereocenters. The molecule has 0 aliphatic carbocycles. The molecule has 6 heteroatoms. The van der Waals surface area contributed by atoms with Crippen molar-refractivity contribution in [1.29, 1.82) is 0 Å². The van der Waals surface area contributed by atoms with Crippen LogP contribution in [-0.2, 0) is 14.3 Å². The number of carbonyl (C=O) groups excluding carboxylic acids is 2. The van der Waals surface area contributed by atoms with Gasteiger partial charge in [-0.3, -0.25) is 14.5 Å². The summed E-state index contributed by atoms with van der Waals surface area (Å²) in [6.07, 6.45) is 7.18. The number of piperidine rings is 1. The number of methoxy groups -OCH3 is 1. The Morgan fingerprint density at radius 3 is 3.00 bits per heavy atom. The Kier molecular flexibility index (Phi) is 6.79. The van der Waals surface area contributed by atoms with Crippen LogP contribution in [0.5, 0.6) is 0 Å². The first kappa shape index (κ1) is 18.0. The number of likely N-dealkylation sites (tertiary alicyclic amines) is 1. The summed E-state index contributed by atoms with van der Waals surface area (Å²) in [6, 6.07) is 6.81. The number of hydrogen-bond acceptors (Lipinski definition) is 4. The summed E-state index contributed by atoms with van der Waals surface area (Å²) in [6.45, 7) is 3.20. The van der Waals surface area contributed by atoms with E-state index in [1.165, 1.54) is 0 Å². The van der Waals surface area contributed by atoms with E-state index >= 15 is 0 Å². The molecule has 24 heavy (non-hydrogen) atoms. The van der Waals surface area contributed by atoms with Crippen LogP contribution >= 0.6 is 0 Å². The van der Waals surface area contributed by atoms with Crippen molar-refractivity contribution >= 4 is 17.5 Å². The van der Waals surface area contributed by atoms with Crippen LogP contribution in [0.4, 0.5) is 5.69 Å². The summed E-state index contributed by atoms with van der Waals surface area (Å²) in [4.78, 5) is 26.3. The lowest BCUT2D eigenvalue weighted by Crippen LogP contribution is -2.50. The molecule has 1 aliphatic rings. The van der Waals surface area contributed by atoms with Crippen LogP contribution in [0, 0.1) is 12.3 Å². The average molecular weight is 329 g/mol. The number of benzene rings is 1. The van der Waals surface area contributed by atoms with Crippen LogP contribution in [-0.4, -0.2) is 56.1 Å². The van der Waals surface area contributed by atoms with Gasteiger partial charge in [0.05, 0.1) is 6.61 Å². The molecule has 0 bridgehead atoms. The van der Waals surface area contributed by atoms with Crippen molar-refractivity contribution in [1.82, 2.24) is 10.2 Å². The van der Waals surface area contributed by atoms with Crippen molar-refractivity contribution in [3.8, 4) is 12.3 Å². The third-order valence-electron chi connectivity index (χ3n) is 3.95. The van der Waals surface area contributed by atoms with Gasteiger partial charge in [0.2, 0.25) is 0 Å². The quantitative estimate of drug-likeness (QED) is 0.620. The fourth-order valence-corrected chi connectivity index (χ4v) is 2.72. The van der Waals surface area contributed by atoms with Gasteiger partial charge in [0.15, 0.2) is 0 Å². The molecule has 1 aliphatic heterocycles. The maximum atomic E-state index is 12.1. The van der Waals surface area contributed by atoms with Gasteiger partial charge >= 0.3 is 11.8 Å². The minimum absolute atomic E-state index is 0.0223. The third-order valence-corrected chi connectivity index (χ3v) is 3.95. The van der Waals surface area contributed by atoms with Crippen molar-refractivity contribution in [2.75, 3.05) is 38.7 Å². The number of nitrogens with zero attached hydrogens (tertiary/aromatic N) is 1. The molecule has 1 aromatic carbocycles. The standard InChI is InChI=1S/C18H23N3O3/c1-3-14-6-4-7-15(12-14)19-17(22)18(23)20-16-8-5-9-21(13-16)10-11-24-2/h1,4,6-7,12,16H,5,8-11,13H2,2H3,(H,19,22)(H,20,23). The van der Waals surface area contributed by atoms with Crippen molar-refractivity contribution in [3.05, 3.63) is 29.8 Å². The lowest BCUT2D eigenvalue weighted by Gasteiger charge is -2.32. The van der Waals surface area contributed by atoms with E-state index in [9.17, 15) is 9.59 Å². The Morgan fingerprint density at radius 2 is 2.25 bits per heavy atom. The van der Waals surface area contributed by atoms with Gasteiger partial charge in [-0.2, -0.15) is 0 Å². The number of nitrogens with one attached hydrogen (secondary N) is 2. The fourth-order valence-electron chi connectivity index (χ4n) is 2.72. The molecule has 1 fully saturated rings. The highest BCUT2D eigenvalue weighted by Crippen LogP contribution is 2.11. The van der Waals surface area contributed by atoms with Crippen molar-refractivity contribution in [2.45, 2.75) is 18.9 Å². The Labute approximate surface area is 142 Å². The van der Waals surface area contributed by atoms with E-state index in [0.717, 1.165) is 32.5 Å². The number of rotatable bonds is 5. The number of ether oxygens (including phenoxy) is 1. The molecule has 0 saturated carbocycles. The van der Waals surface area contributed by atoms with Crippen LogP contribution in [0.15, 0.2) is 24.3 Å². The molecule has 0 spiro atoms. The van der Waals surface area contributed by atoms with Crippen molar-refractivity contribution < 1.29 is 14.3 Å². The highest BCUT2D eigenvalue weighted by atomic mass is 16.5. The summed E-state index contributed by atoms with van der Waals surface area (Å²) >= 11 is 0. The summed E-state index contributed by atoms with van der Waals surface area (Å²) in [7, 11) is 1.67. The maximum Gasteiger partial charge on any atom is 0.313 e. The number of hydrogen-bond donors (Lipinski definition) is 2. The summed E-state index contributed by atoms with van der Waals surface area (Å²) < 4.78 is 5.08. The van der Waals surface area contributed by atoms with Crippen LogP contribution in [0.25, 0.3) is 0 Å². The number of anilines is 1. The fraction of sp³-hybridized carbons (Fsp3) is 0.444. The van der Waals surface area contributed by atoms with Crippen molar-refractivity contribution in [2.24, 2.45) is 0 Å². The molecule has 1 saturated heterocycles. The molecule has 2 rings (SSSR count). The highest BCUT2D eigenvalue weighted by molar-refractivity contribution is 6.39. The predicted octanol–water partition coefficient (Wildman–Crippen LogP) is 0.833. The zero-order chi connectivity index (χ0) is 17.4. The minimum Gasteiger partial charge on any atom is -0.383 e. The minimum atomic E-state index is -0.682. The molecule has 128 valence electrons. The first-order chi connectivity index (χ1) is 11.6. The van der Waals surface area contributed by atoms with Gasteiger partial charge in [-0.25, -0.2) is 0 Å². The molecule has 6 nitrogen and oxygen atoms in total. The third kappa shape index (κ3) is 5.37. The molecule has 2 amide bonds. The van der Waals surface area contributed by atoms with E-state index in [-0.39, 0.29) is 6.04 Å². The predicted molar refractivity (Wildman–Crippen MR) is 92.5 cm³/mol. The van der Waals surface area contributed by atoms with E-state index < -0.39 is 11.8 Å². The van der Waals surface area contributed by atoms with Gasteiger partial charge in [-0.15, -0.1) is 6.42 Å². The number of terminal acetylenes is 1. The molecule has 1 aromatic rings. The molecule has 1 heterocycles. The van der Waals surface area contributed by atoms with Gasteiger partial charge in [0.25, 0.3) is 0 Å². The molecule has 0 radical (unpaired) electrons. The zero-order valence-electron chi connectivity index (χ0n) is 13.9. The SMILES string of the molecule is C#Cc1cccc(NC(=O)C(=O)NC2CCCN(CCOC)C2)c1. The maximum absolute atomic E-state index is 12.1. The molecule has 0 aromatic heterocycles. The Morgan fingerprint density at radius 1 is 1.42 bits per heavy atom. The first-order valence-corrected chi connectivity index (χ1v) is 8.02. The number of carbonyl (C=O) groups is 2. The van der Waals surface area contributed by atoms with E-state index in [4.69, 9.17) is 11.2 Å². The Bertz CT molecular complexity index is 624. The van der Waals surface area contributed by atoms with Crippen LogP contribution in [0.1, 0.15) is 18.4 Å². The van der Waals surface area contributed by atoms with Crippen molar-refractivity contribution in [3.63, 3.8) is 0 Å². The molecular weight excluding hydrogens is 306 g/mol. The van der Waals surface area contributed by atoms with Gasteiger partial charge in [-0.1, -0.05) is 12.0 Å². The van der Waals surface area contributed by atoms with Gasteiger partial charge in [0, 0.05) is 37.5 Å². The normalized spacial score (nSPS) is 17.8. The molecular formula is C18H23N3O3. The van der Waals surface area contributed by atoms with Crippen LogP contribution in [0.2, 0.25) is 0 Å². The van der Waals surface area contributed by atoms with Gasteiger partial charge < -0.3 is 15.4 Å². The van der Waals surface area contributed by atoms with Gasteiger partial charge in [-0.05, 0) is 37.6 Å². The first-order valence-electron chi connectivity index (χ1n) is 8.02. The second-order valence-corrected chi connectivity index (χ2v) is 5.79. The van der Waals surface area contributed by atoms with E-state index in [1.54, 1.807) is 31.4 Å². The largest absolute Gasteiger partial charge is 0.383 e. The summed E-state index contributed by atoms with van der Waals surface area (Å²) in [5.41, 5.74) is 1.16. The van der Waals surface area contributed by atoms with Crippen LogP contribution in [0.3, 0.4) is 0 Å².